The van der Waals surface area contributed by atoms with Crippen LogP contribution in [0.3, 0.4) is 0 Å². The van der Waals surface area contributed by atoms with Crippen molar-refractivity contribution in [3.8, 4) is 5.75 Å². The van der Waals surface area contributed by atoms with Crippen molar-refractivity contribution in [3.63, 3.8) is 0 Å². The van der Waals surface area contributed by atoms with Gasteiger partial charge >= 0.3 is 5.69 Å². The van der Waals surface area contributed by atoms with Gasteiger partial charge in [0.05, 0.1) is 11.5 Å². The number of azide groups is 1. The third-order valence-electron chi connectivity index (χ3n) is 1.84. The number of halogens is 1. The fourth-order valence-corrected chi connectivity index (χ4v) is 1.28. The van der Waals surface area contributed by atoms with Gasteiger partial charge in [-0.1, -0.05) is 16.7 Å². The van der Waals surface area contributed by atoms with Crippen LogP contribution in [-0.2, 0) is 0 Å². The van der Waals surface area contributed by atoms with Gasteiger partial charge in [-0.2, -0.15) is 0 Å². The topological polar surface area (TPSA) is 101 Å². The Morgan fingerprint density at radius 3 is 3.00 bits per heavy atom. The smallest absolute Gasteiger partial charge is 0.312 e. The van der Waals surface area contributed by atoms with E-state index in [-0.39, 0.29) is 29.6 Å². The zero-order valence-corrected chi connectivity index (χ0v) is 9.50. The summed E-state index contributed by atoms with van der Waals surface area (Å²) in [5.74, 6) is 0.153. The molecule has 0 N–H and O–H groups in total. The van der Waals surface area contributed by atoms with Gasteiger partial charge in [-0.25, -0.2) is 0 Å². The van der Waals surface area contributed by atoms with Crippen LogP contribution in [0.5, 0.6) is 5.75 Å². The number of rotatable bonds is 6. The standard InChI is InChI=1S/C9H9ClN4O3/c10-7-2-3-9(8(6-7)14(15)16)17-5-1-4-12-13-11/h2-3,6H,1,4-5H2. The Balaban J connectivity index is 2.64. The summed E-state index contributed by atoms with van der Waals surface area (Å²) in [5.41, 5.74) is 7.86. The molecule has 0 saturated heterocycles. The average molecular weight is 257 g/mol. The Bertz CT molecular complexity index is 460. The van der Waals surface area contributed by atoms with Crippen molar-refractivity contribution in [2.75, 3.05) is 13.2 Å². The second-order valence-corrected chi connectivity index (χ2v) is 3.46. The van der Waals surface area contributed by atoms with Crippen LogP contribution in [0.4, 0.5) is 5.69 Å². The first kappa shape index (κ1) is 13.1. The minimum atomic E-state index is -0.561. The normalized spacial score (nSPS) is 9.47. The number of hydrogen-bond donors (Lipinski definition) is 0. The van der Waals surface area contributed by atoms with Crippen LogP contribution in [0.2, 0.25) is 5.02 Å². The summed E-state index contributed by atoms with van der Waals surface area (Å²) in [4.78, 5) is 12.7. The predicted octanol–water partition coefficient (Wildman–Crippen LogP) is 3.33. The zero-order valence-electron chi connectivity index (χ0n) is 8.74. The van der Waals surface area contributed by atoms with Gasteiger partial charge in [-0.3, -0.25) is 10.1 Å². The van der Waals surface area contributed by atoms with E-state index < -0.39 is 4.92 Å². The first-order chi connectivity index (χ1) is 8.15. The lowest BCUT2D eigenvalue weighted by Crippen LogP contribution is -2.01. The lowest BCUT2D eigenvalue weighted by Gasteiger charge is -2.05. The molecule has 0 unspecified atom stereocenters. The second-order valence-electron chi connectivity index (χ2n) is 3.03. The van der Waals surface area contributed by atoms with Gasteiger partial charge in [0, 0.05) is 22.5 Å². The molecule has 8 heteroatoms. The van der Waals surface area contributed by atoms with Crippen molar-refractivity contribution >= 4 is 17.3 Å². The molecule has 0 aromatic heterocycles. The molecular weight excluding hydrogens is 248 g/mol. The minimum absolute atomic E-state index is 0.153. The lowest BCUT2D eigenvalue weighted by atomic mass is 10.3. The van der Waals surface area contributed by atoms with Crippen molar-refractivity contribution in [3.05, 3.63) is 43.8 Å². The molecule has 0 fully saturated rings. The highest BCUT2D eigenvalue weighted by Gasteiger charge is 2.15. The molecule has 1 aromatic rings. The van der Waals surface area contributed by atoms with E-state index in [2.05, 4.69) is 10.0 Å². The van der Waals surface area contributed by atoms with Crippen LogP contribution in [0.25, 0.3) is 10.4 Å². The van der Waals surface area contributed by atoms with Gasteiger partial charge in [0.2, 0.25) is 0 Å². The molecular formula is C9H9ClN4O3. The molecule has 1 rings (SSSR count). The van der Waals surface area contributed by atoms with Crippen LogP contribution in [0.1, 0.15) is 6.42 Å². The molecule has 0 radical (unpaired) electrons. The number of hydrogen-bond acceptors (Lipinski definition) is 4. The van der Waals surface area contributed by atoms with Crippen LogP contribution < -0.4 is 4.74 Å². The molecule has 0 heterocycles. The summed E-state index contributed by atoms with van der Waals surface area (Å²) in [7, 11) is 0. The van der Waals surface area contributed by atoms with Gasteiger partial charge in [-0.15, -0.1) is 0 Å². The maximum atomic E-state index is 10.7. The van der Waals surface area contributed by atoms with E-state index in [1.807, 2.05) is 0 Å². The highest BCUT2D eigenvalue weighted by Crippen LogP contribution is 2.29. The van der Waals surface area contributed by atoms with Crippen LogP contribution in [0.15, 0.2) is 23.3 Å². The Morgan fingerprint density at radius 2 is 2.35 bits per heavy atom. The lowest BCUT2D eigenvalue weighted by molar-refractivity contribution is -0.385. The zero-order chi connectivity index (χ0) is 12.7. The number of nitro benzene ring substituents is 1. The fraction of sp³-hybridized carbons (Fsp3) is 0.333. The van der Waals surface area contributed by atoms with E-state index in [1.165, 1.54) is 18.2 Å². The van der Waals surface area contributed by atoms with Crippen molar-refractivity contribution in [2.45, 2.75) is 6.42 Å². The van der Waals surface area contributed by atoms with E-state index in [9.17, 15) is 10.1 Å². The maximum Gasteiger partial charge on any atom is 0.312 e. The SMILES string of the molecule is [N-]=[N+]=NCCCOc1ccc(Cl)cc1[N+](=O)[O-]. The average Bonchev–Trinajstić information content (AvgIpc) is 2.30. The number of nitrogens with zero attached hydrogens (tertiary/aromatic N) is 4. The van der Waals surface area contributed by atoms with E-state index in [4.69, 9.17) is 21.9 Å². The minimum Gasteiger partial charge on any atom is -0.487 e. The maximum absolute atomic E-state index is 10.7. The third kappa shape index (κ3) is 4.18. The molecule has 90 valence electrons. The van der Waals surface area contributed by atoms with Crippen LogP contribution in [0, 0.1) is 10.1 Å². The van der Waals surface area contributed by atoms with Crippen molar-refractivity contribution < 1.29 is 9.66 Å². The number of benzene rings is 1. The molecule has 0 aliphatic rings. The molecule has 1 aromatic carbocycles. The largest absolute Gasteiger partial charge is 0.487 e. The Kier molecular flexibility index (Phi) is 5.06. The molecule has 0 spiro atoms. The molecule has 0 atom stereocenters. The van der Waals surface area contributed by atoms with E-state index in [0.717, 1.165) is 0 Å². The van der Waals surface area contributed by atoms with Crippen LogP contribution >= 0.6 is 11.6 Å². The summed E-state index contributed by atoms with van der Waals surface area (Å²) >= 11 is 5.65. The molecule has 0 saturated carbocycles. The molecule has 0 amide bonds. The van der Waals surface area contributed by atoms with Gasteiger partial charge in [-0.05, 0) is 24.1 Å². The molecule has 0 aliphatic carbocycles. The van der Waals surface area contributed by atoms with Crippen molar-refractivity contribution in [1.82, 2.24) is 0 Å². The summed E-state index contributed by atoms with van der Waals surface area (Å²) in [5, 5.41) is 14.3. The van der Waals surface area contributed by atoms with Gasteiger partial charge < -0.3 is 4.74 Å². The Morgan fingerprint density at radius 1 is 1.59 bits per heavy atom. The van der Waals surface area contributed by atoms with E-state index in [0.29, 0.717) is 6.42 Å². The molecule has 0 aliphatic heterocycles. The van der Waals surface area contributed by atoms with Crippen molar-refractivity contribution in [1.29, 1.82) is 0 Å². The first-order valence-corrected chi connectivity index (χ1v) is 5.10. The van der Waals surface area contributed by atoms with Gasteiger partial charge in [0.25, 0.3) is 0 Å². The van der Waals surface area contributed by atoms with Gasteiger partial charge in [0.1, 0.15) is 0 Å². The highest BCUT2D eigenvalue weighted by molar-refractivity contribution is 6.30. The summed E-state index contributed by atoms with van der Waals surface area (Å²) in [6.45, 7) is 0.527. The number of nitro groups is 1. The summed E-state index contributed by atoms with van der Waals surface area (Å²) in [6, 6.07) is 4.18. The van der Waals surface area contributed by atoms with E-state index in [1.54, 1.807) is 0 Å². The number of ether oxygens (including phenoxy) is 1. The Hall–Kier alpha value is -1.98. The fourth-order valence-electron chi connectivity index (χ4n) is 1.12. The van der Waals surface area contributed by atoms with Gasteiger partial charge in [0.15, 0.2) is 5.75 Å². The highest BCUT2D eigenvalue weighted by atomic mass is 35.5. The third-order valence-corrected chi connectivity index (χ3v) is 2.08. The quantitative estimate of drug-likeness (QED) is 0.195. The molecule has 7 nitrogen and oxygen atoms in total. The molecule has 0 bridgehead atoms. The molecule has 17 heavy (non-hydrogen) atoms. The monoisotopic (exact) mass is 256 g/mol. The Labute approximate surface area is 102 Å². The van der Waals surface area contributed by atoms with E-state index >= 15 is 0 Å². The summed E-state index contributed by atoms with van der Waals surface area (Å²) < 4.78 is 5.22. The summed E-state index contributed by atoms with van der Waals surface area (Å²) in [6.07, 6.45) is 0.490. The first-order valence-electron chi connectivity index (χ1n) is 4.72. The predicted molar refractivity (Wildman–Crippen MR) is 62.2 cm³/mol. The van der Waals surface area contributed by atoms with Crippen LogP contribution in [-0.4, -0.2) is 18.1 Å². The second kappa shape index (κ2) is 6.57. The van der Waals surface area contributed by atoms with Crippen molar-refractivity contribution in [2.24, 2.45) is 5.11 Å².